The van der Waals surface area contributed by atoms with Crippen molar-refractivity contribution in [3.63, 3.8) is 0 Å². The zero-order valence-electron chi connectivity index (χ0n) is 4.44. The van der Waals surface area contributed by atoms with Crippen molar-refractivity contribution in [3.05, 3.63) is 28.2 Å². The van der Waals surface area contributed by atoms with Gasteiger partial charge in [-0.3, -0.25) is 0 Å². The average molecular weight is 219 g/mol. The van der Waals surface area contributed by atoms with E-state index >= 15 is 0 Å². The topological polar surface area (TPSA) is 0 Å². The number of hydrogen-bond acceptors (Lipinski definition) is 1. The monoisotopic (exact) mass is 218 g/mol. The predicted octanol–water partition coefficient (Wildman–Crippen LogP) is 2.63. The fraction of sp³-hybridized carbons (Fsp3) is 0. The zero-order valence-corrected chi connectivity index (χ0v) is 6.84. The van der Waals surface area contributed by atoms with Crippen molar-refractivity contribution in [2.75, 3.05) is 0 Å². The molecule has 50 valence electrons. The zero-order chi connectivity index (χ0) is 6.85. The van der Waals surface area contributed by atoms with E-state index in [0.29, 0.717) is 14.9 Å². The molecule has 0 spiro atoms. The van der Waals surface area contributed by atoms with Gasteiger partial charge in [0.2, 0.25) is 0 Å². The minimum absolute atomic E-state index is 0. The van der Waals surface area contributed by atoms with Crippen LogP contribution in [0.3, 0.4) is 0 Å². The number of halogens is 2. The molecule has 0 atom stereocenters. The Morgan fingerprint density at radius 2 is 1.50 bits per heavy atom. The minimum atomic E-state index is 0. The molecule has 0 saturated carbocycles. The van der Waals surface area contributed by atoms with Crippen molar-refractivity contribution in [1.82, 2.24) is 0 Å². The van der Waals surface area contributed by atoms with E-state index in [4.69, 9.17) is 23.2 Å². The van der Waals surface area contributed by atoms with Crippen molar-refractivity contribution in [2.45, 2.75) is 4.90 Å². The van der Waals surface area contributed by atoms with Gasteiger partial charge in [-0.05, 0) is 12.1 Å². The third-order valence-electron chi connectivity index (χ3n) is 0.938. The molecular formula is C6H5Cl2KS. The molecule has 0 aliphatic heterocycles. The molecule has 0 nitrogen and oxygen atoms in total. The Morgan fingerprint density at radius 3 is 1.80 bits per heavy atom. The van der Waals surface area contributed by atoms with Crippen molar-refractivity contribution >= 4 is 87.2 Å². The number of hydrogen-bond donors (Lipinski definition) is 1. The standard InChI is InChI=1S/C6H4Cl2S.K.H/c7-4-2-1-3-5(8)6(4)9;;/h1-3,9H;;. The van der Waals surface area contributed by atoms with Crippen LogP contribution in [0.1, 0.15) is 0 Å². The molecule has 0 unspecified atom stereocenters. The molecule has 0 heterocycles. The summed E-state index contributed by atoms with van der Waals surface area (Å²) in [7, 11) is 0. The molecule has 1 aromatic rings. The molecule has 0 N–H and O–H groups in total. The second-order valence-corrected chi connectivity index (χ2v) is 2.83. The van der Waals surface area contributed by atoms with Crippen LogP contribution in [-0.4, -0.2) is 51.4 Å². The van der Waals surface area contributed by atoms with Gasteiger partial charge in [0.05, 0.1) is 10.0 Å². The van der Waals surface area contributed by atoms with Gasteiger partial charge in [-0.25, -0.2) is 0 Å². The first-order valence-electron chi connectivity index (χ1n) is 2.35. The molecule has 10 heavy (non-hydrogen) atoms. The summed E-state index contributed by atoms with van der Waals surface area (Å²) < 4.78 is 0. The van der Waals surface area contributed by atoms with Gasteiger partial charge in [0, 0.05) is 4.90 Å². The normalized spacial score (nSPS) is 8.70. The quantitative estimate of drug-likeness (QED) is 0.503. The van der Waals surface area contributed by atoms with Crippen LogP contribution in [0.25, 0.3) is 0 Å². The van der Waals surface area contributed by atoms with Crippen LogP contribution in [0.2, 0.25) is 10.0 Å². The summed E-state index contributed by atoms with van der Waals surface area (Å²) in [6.07, 6.45) is 0. The van der Waals surface area contributed by atoms with E-state index in [-0.39, 0.29) is 51.4 Å². The van der Waals surface area contributed by atoms with Crippen LogP contribution in [0.5, 0.6) is 0 Å². The maximum atomic E-state index is 5.65. The fourth-order valence-electron chi connectivity index (χ4n) is 0.489. The maximum absolute atomic E-state index is 5.65. The van der Waals surface area contributed by atoms with Crippen LogP contribution in [0.4, 0.5) is 0 Å². The first kappa shape index (κ1) is 11.8. The van der Waals surface area contributed by atoms with Crippen molar-refractivity contribution in [3.8, 4) is 0 Å². The summed E-state index contributed by atoms with van der Waals surface area (Å²) >= 11 is 15.4. The molecule has 4 heteroatoms. The van der Waals surface area contributed by atoms with E-state index < -0.39 is 0 Å². The van der Waals surface area contributed by atoms with Crippen molar-refractivity contribution in [1.29, 1.82) is 0 Å². The summed E-state index contributed by atoms with van der Waals surface area (Å²) in [5.41, 5.74) is 0. The molecule has 1 rings (SSSR count). The third-order valence-corrected chi connectivity index (χ3v) is 2.31. The predicted molar refractivity (Wildman–Crippen MR) is 50.9 cm³/mol. The van der Waals surface area contributed by atoms with Crippen LogP contribution >= 0.6 is 35.8 Å². The van der Waals surface area contributed by atoms with E-state index in [0.717, 1.165) is 0 Å². The Morgan fingerprint density at radius 1 is 1.10 bits per heavy atom. The van der Waals surface area contributed by atoms with E-state index in [1.165, 1.54) is 0 Å². The fourth-order valence-corrected chi connectivity index (χ4v) is 1.04. The van der Waals surface area contributed by atoms with E-state index in [1.807, 2.05) is 0 Å². The third kappa shape index (κ3) is 3.03. The van der Waals surface area contributed by atoms with Gasteiger partial charge in [0.1, 0.15) is 0 Å². The Kier molecular flexibility index (Phi) is 6.41. The number of rotatable bonds is 0. The van der Waals surface area contributed by atoms with E-state index in [9.17, 15) is 0 Å². The summed E-state index contributed by atoms with van der Waals surface area (Å²) in [4.78, 5) is 0.640. The molecule has 1 aromatic carbocycles. The number of thiol groups is 1. The Hall–Kier alpha value is 1.79. The molecule has 0 amide bonds. The van der Waals surface area contributed by atoms with Crippen LogP contribution in [0.15, 0.2) is 23.1 Å². The molecular weight excluding hydrogens is 214 g/mol. The van der Waals surface area contributed by atoms with Crippen molar-refractivity contribution in [2.24, 2.45) is 0 Å². The Bertz CT molecular complexity index is 207. The van der Waals surface area contributed by atoms with Crippen LogP contribution in [-0.2, 0) is 0 Å². The van der Waals surface area contributed by atoms with Crippen molar-refractivity contribution < 1.29 is 0 Å². The molecule has 0 bridgehead atoms. The average Bonchev–Trinajstić information content (AvgIpc) is 1.83. The Labute approximate surface area is 118 Å². The molecule has 0 saturated heterocycles. The van der Waals surface area contributed by atoms with Gasteiger partial charge >= 0.3 is 51.4 Å². The first-order valence-corrected chi connectivity index (χ1v) is 3.55. The van der Waals surface area contributed by atoms with Gasteiger partial charge in [-0.1, -0.05) is 29.3 Å². The molecule has 0 fully saturated rings. The van der Waals surface area contributed by atoms with Crippen LogP contribution < -0.4 is 0 Å². The second kappa shape index (κ2) is 5.44. The summed E-state index contributed by atoms with van der Waals surface area (Å²) in [6.45, 7) is 0. The molecule has 0 aromatic heterocycles. The Balaban J connectivity index is 0.000000810. The van der Waals surface area contributed by atoms with Gasteiger partial charge in [-0.15, -0.1) is 12.6 Å². The number of benzene rings is 1. The van der Waals surface area contributed by atoms with Gasteiger partial charge in [0.15, 0.2) is 0 Å². The SMILES string of the molecule is Sc1c(Cl)cccc1Cl.[KH]. The summed E-state index contributed by atoms with van der Waals surface area (Å²) in [5.74, 6) is 0. The van der Waals surface area contributed by atoms with E-state index in [1.54, 1.807) is 18.2 Å². The summed E-state index contributed by atoms with van der Waals surface area (Å²) in [5, 5.41) is 1.18. The van der Waals surface area contributed by atoms with Gasteiger partial charge in [0.25, 0.3) is 0 Å². The van der Waals surface area contributed by atoms with E-state index in [2.05, 4.69) is 12.6 Å². The van der Waals surface area contributed by atoms with Gasteiger partial charge < -0.3 is 0 Å². The van der Waals surface area contributed by atoms with Gasteiger partial charge in [-0.2, -0.15) is 0 Å². The molecule has 0 aliphatic carbocycles. The van der Waals surface area contributed by atoms with Crippen LogP contribution in [0, 0.1) is 0 Å². The summed E-state index contributed by atoms with van der Waals surface area (Å²) in [6, 6.07) is 5.27. The second-order valence-electron chi connectivity index (χ2n) is 1.57. The molecule has 0 aliphatic rings. The molecule has 0 radical (unpaired) electrons. The first-order chi connectivity index (χ1) is 4.22.